The molecule has 0 radical (unpaired) electrons. The lowest BCUT2D eigenvalue weighted by Gasteiger charge is -2.31. The predicted molar refractivity (Wildman–Crippen MR) is 95.6 cm³/mol. The van der Waals surface area contributed by atoms with Crippen LogP contribution in [0.4, 0.5) is 0 Å². The number of hydrogen-bond acceptors (Lipinski definition) is 4. The van der Waals surface area contributed by atoms with Crippen LogP contribution in [-0.4, -0.2) is 23.9 Å². The summed E-state index contributed by atoms with van der Waals surface area (Å²) < 4.78 is 17.3. The van der Waals surface area contributed by atoms with Gasteiger partial charge in [-0.05, 0) is 24.1 Å². The summed E-state index contributed by atoms with van der Waals surface area (Å²) in [5, 5.41) is 11.4. The van der Waals surface area contributed by atoms with E-state index in [1.165, 1.54) is 0 Å². The van der Waals surface area contributed by atoms with Gasteiger partial charge in [-0.15, -0.1) is 12.4 Å². The quantitative estimate of drug-likeness (QED) is 0.645. The van der Waals surface area contributed by atoms with E-state index in [1.54, 1.807) is 24.3 Å². The van der Waals surface area contributed by atoms with E-state index in [9.17, 15) is 9.67 Å². The zero-order valence-electron chi connectivity index (χ0n) is 13.0. The molecule has 0 saturated carbocycles. The molecule has 3 unspecified atom stereocenters. The molecule has 128 valence electrons. The van der Waals surface area contributed by atoms with Crippen LogP contribution in [0.2, 0.25) is 5.02 Å². The minimum atomic E-state index is -2.04. The maximum atomic E-state index is 11.7. The number of aliphatic hydroxyl groups is 1. The van der Waals surface area contributed by atoms with Crippen molar-refractivity contribution in [3.05, 3.63) is 34.9 Å². The average Bonchev–Trinajstić information content (AvgIpc) is 2.47. The van der Waals surface area contributed by atoms with E-state index in [0.717, 1.165) is 12.8 Å². The van der Waals surface area contributed by atoms with Crippen LogP contribution in [0, 0.1) is 0 Å². The highest BCUT2D eigenvalue weighted by atomic mass is 35.5. The molecule has 0 fully saturated rings. The Balaban J connectivity index is 0.00000441. The Labute approximate surface area is 144 Å². The smallest absolute Gasteiger partial charge is 0.191 e. The fraction of sp³-hybridized carbons (Fsp3) is 0.600. The van der Waals surface area contributed by atoms with E-state index in [1.807, 2.05) is 13.8 Å². The van der Waals surface area contributed by atoms with Crippen molar-refractivity contribution >= 4 is 32.0 Å². The summed E-state index contributed by atoms with van der Waals surface area (Å²) in [4.78, 5) is 0. The number of halogens is 2. The van der Waals surface area contributed by atoms with Gasteiger partial charge in [-0.25, -0.2) is 0 Å². The lowest BCUT2D eigenvalue weighted by Crippen LogP contribution is -2.38. The van der Waals surface area contributed by atoms with Gasteiger partial charge in [0.2, 0.25) is 0 Å². The van der Waals surface area contributed by atoms with Crippen LogP contribution >= 0.6 is 32.0 Å². The zero-order chi connectivity index (χ0) is 15.9. The molecule has 0 amide bonds. The molecule has 4 nitrogen and oxygen atoms in total. The van der Waals surface area contributed by atoms with Crippen LogP contribution in [0.25, 0.3) is 0 Å². The molecule has 22 heavy (non-hydrogen) atoms. The van der Waals surface area contributed by atoms with Crippen LogP contribution in [0.15, 0.2) is 24.3 Å². The first-order valence-corrected chi connectivity index (χ1v) is 9.23. The standard InChI is InChI=1S/C15H25ClNO3P.ClH/c1-3-5-14(20-21(19)4-2)10-15(18,11-17)12-6-8-13(16)9-7-12;/h6-9,14,18,21H,3-5,10-11,17H2,1-2H3;1H. The highest BCUT2D eigenvalue weighted by molar-refractivity contribution is 7.39. The molecular weight excluding hydrogens is 344 g/mol. The first kappa shape index (κ1) is 21.9. The van der Waals surface area contributed by atoms with Gasteiger partial charge in [0.05, 0.1) is 6.10 Å². The second-order valence-corrected chi connectivity index (χ2v) is 7.32. The fourth-order valence-electron chi connectivity index (χ4n) is 2.25. The lowest BCUT2D eigenvalue weighted by molar-refractivity contribution is -0.00108. The molecule has 3 atom stereocenters. The largest absolute Gasteiger partial charge is 0.384 e. The van der Waals surface area contributed by atoms with Gasteiger partial charge in [-0.2, -0.15) is 0 Å². The highest BCUT2D eigenvalue weighted by Crippen LogP contribution is 2.33. The topological polar surface area (TPSA) is 72.6 Å². The Kier molecular flexibility index (Phi) is 10.6. The highest BCUT2D eigenvalue weighted by Gasteiger charge is 2.32. The predicted octanol–water partition coefficient (Wildman–Crippen LogP) is 3.98. The van der Waals surface area contributed by atoms with Gasteiger partial charge in [0, 0.05) is 24.2 Å². The van der Waals surface area contributed by atoms with Gasteiger partial charge in [0.15, 0.2) is 8.03 Å². The molecule has 0 saturated heterocycles. The first-order valence-electron chi connectivity index (χ1n) is 7.33. The lowest BCUT2D eigenvalue weighted by atomic mass is 9.87. The number of rotatable bonds is 9. The Morgan fingerprint density at radius 3 is 2.41 bits per heavy atom. The second kappa shape index (κ2) is 10.6. The molecule has 0 bridgehead atoms. The Hall–Kier alpha value is -0.0900. The maximum absolute atomic E-state index is 11.7. The van der Waals surface area contributed by atoms with E-state index in [0.29, 0.717) is 23.2 Å². The second-order valence-electron chi connectivity index (χ2n) is 5.20. The van der Waals surface area contributed by atoms with E-state index in [4.69, 9.17) is 21.9 Å². The minimum Gasteiger partial charge on any atom is -0.384 e. The van der Waals surface area contributed by atoms with E-state index < -0.39 is 13.6 Å². The first-order chi connectivity index (χ1) is 9.95. The fourth-order valence-corrected chi connectivity index (χ4v) is 3.12. The molecule has 0 heterocycles. The summed E-state index contributed by atoms with van der Waals surface area (Å²) in [6.45, 7) is 3.94. The van der Waals surface area contributed by atoms with Crippen molar-refractivity contribution in [1.29, 1.82) is 0 Å². The van der Waals surface area contributed by atoms with Crippen molar-refractivity contribution in [2.24, 2.45) is 5.73 Å². The number of nitrogens with two attached hydrogens (primary N) is 1. The van der Waals surface area contributed by atoms with Crippen molar-refractivity contribution < 1.29 is 14.2 Å². The Morgan fingerprint density at radius 2 is 1.95 bits per heavy atom. The third kappa shape index (κ3) is 6.57. The molecule has 1 rings (SSSR count). The summed E-state index contributed by atoms with van der Waals surface area (Å²) in [7, 11) is -2.04. The molecule has 1 aromatic rings. The third-order valence-corrected chi connectivity index (χ3v) is 4.91. The molecule has 0 aliphatic rings. The average molecular weight is 370 g/mol. The van der Waals surface area contributed by atoms with Gasteiger partial charge < -0.3 is 15.4 Å². The van der Waals surface area contributed by atoms with E-state index >= 15 is 0 Å². The maximum Gasteiger partial charge on any atom is 0.191 e. The van der Waals surface area contributed by atoms with Crippen molar-refractivity contribution in [3.63, 3.8) is 0 Å². The van der Waals surface area contributed by atoms with Crippen LogP contribution in [-0.2, 0) is 14.7 Å². The normalized spacial score (nSPS) is 16.4. The Bertz CT molecular complexity index is 459. The number of benzene rings is 1. The van der Waals surface area contributed by atoms with Crippen molar-refractivity contribution in [3.8, 4) is 0 Å². The van der Waals surface area contributed by atoms with Crippen LogP contribution in [0.3, 0.4) is 0 Å². The molecule has 0 aliphatic heterocycles. The van der Waals surface area contributed by atoms with E-state index in [2.05, 4.69) is 0 Å². The van der Waals surface area contributed by atoms with Gasteiger partial charge >= 0.3 is 0 Å². The molecule has 7 heteroatoms. The van der Waals surface area contributed by atoms with Gasteiger partial charge in [0.1, 0.15) is 5.60 Å². The minimum absolute atomic E-state index is 0. The third-order valence-electron chi connectivity index (χ3n) is 3.48. The monoisotopic (exact) mass is 369 g/mol. The van der Waals surface area contributed by atoms with Crippen molar-refractivity contribution in [2.45, 2.75) is 44.8 Å². The summed E-state index contributed by atoms with van der Waals surface area (Å²) in [6.07, 6.45) is 2.21. The van der Waals surface area contributed by atoms with E-state index in [-0.39, 0.29) is 25.1 Å². The summed E-state index contributed by atoms with van der Waals surface area (Å²) in [6, 6.07) is 6.98. The van der Waals surface area contributed by atoms with Crippen LogP contribution < -0.4 is 5.73 Å². The molecule has 1 aromatic carbocycles. The SMILES string of the molecule is CCCC(CC(O)(CN)c1ccc(Cl)cc1)O[PH](=O)CC.Cl. The molecule has 0 spiro atoms. The van der Waals surface area contributed by atoms with Crippen molar-refractivity contribution in [1.82, 2.24) is 0 Å². The molecule has 3 N–H and O–H groups in total. The zero-order valence-corrected chi connectivity index (χ0v) is 15.6. The van der Waals surface area contributed by atoms with Gasteiger partial charge in [-0.1, -0.05) is 44.0 Å². The molecular formula is C15H26Cl2NO3P. The summed E-state index contributed by atoms with van der Waals surface area (Å²) in [5.74, 6) is 0. The summed E-state index contributed by atoms with van der Waals surface area (Å²) >= 11 is 5.87. The Morgan fingerprint density at radius 1 is 1.36 bits per heavy atom. The van der Waals surface area contributed by atoms with Crippen LogP contribution in [0.1, 0.15) is 38.7 Å². The number of hydrogen-bond donors (Lipinski definition) is 2. The summed E-state index contributed by atoms with van der Waals surface area (Å²) in [5.41, 5.74) is 5.29. The van der Waals surface area contributed by atoms with Gasteiger partial charge in [0.25, 0.3) is 0 Å². The van der Waals surface area contributed by atoms with Gasteiger partial charge in [-0.3, -0.25) is 4.57 Å². The molecule has 0 aromatic heterocycles. The van der Waals surface area contributed by atoms with Crippen LogP contribution in [0.5, 0.6) is 0 Å². The van der Waals surface area contributed by atoms with Crippen molar-refractivity contribution in [2.75, 3.05) is 12.7 Å². The molecule has 0 aliphatic carbocycles.